The Kier molecular flexibility index (Phi) is 7.22. The van der Waals surface area contributed by atoms with E-state index in [1.54, 1.807) is 0 Å². The number of hydrogen-bond donors (Lipinski definition) is 0. The van der Waals surface area contributed by atoms with Crippen LogP contribution in [0.1, 0.15) is 62.0 Å². The fraction of sp³-hybridized carbons (Fsp3) is 0.600. The summed E-state index contributed by atoms with van der Waals surface area (Å²) in [6.45, 7) is 7.61. The first-order valence-electron chi connectivity index (χ1n) is 11.7. The Labute approximate surface area is 194 Å². The summed E-state index contributed by atoms with van der Waals surface area (Å²) >= 11 is 8.04. The average molecular weight is 461 g/mol. The summed E-state index contributed by atoms with van der Waals surface area (Å²) in [5, 5.41) is 1.57. The van der Waals surface area contributed by atoms with Crippen LogP contribution >= 0.6 is 22.9 Å². The van der Waals surface area contributed by atoms with Crippen LogP contribution in [0, 0.1) is 17.8 Å². The summed E-state index contributed by atoms with van der Waals surface area (Å²) in [6, 6.07) is 7.95. The predicted molar refractivity (Wildman–Crippen MR) is 129 cm³/mol. The van der Waals surface area contributed by atoms with Gasteiger partial charge in [-0.15, -0.1) is 11.3 Å². The number of thiophene rings is 1. The van der Waals surface area contributed by atoms with Crippen molar-refractivity contribution in [2.45, 2.75) is 52.4 Å². The molecule has 0 bridgehead atoms. The van der Waals surface area contributed by atoms with Gasteiger partial charge >= 0.3 is 0 Å². The van der Waals surface area contributed by atoms with E-state index < -0.39 is 0 Å². The molecule has 1 atom stereocenters. The molecule has 0 N–H and O–H groups in total. The van der Waals surface area contributed by atoms with Crippen molar-refractivity contribution in [1.82, 2.24) is 9.80 Å². The molecule has 1 aromatic heterocycles. The van der Waals surface area contributed by atoms with Gasteiger partial charge in [0.2, 0.25) is 5.91 Å². The van der Waals surface area contributed by atoms with Crippen molar-refractivity contribution < 1.29 is 9.59 Å². The summed E-state index contributed by atoms with van der Waals surface area (Å²) in [6.07, 6.45) is 6.36. The summed E-state index contributed by atoms with van der Waals surface area (Å²) in [7, 11) is 0. The third-order valence-electron chi connectivity index (χ3n) is 7.22. The van der Waals surface area contributed by atoms with Crippen LogP contribution in [0.5, 0.6) is 0 Å². The fourth-order valence-electron chi connectivity index (χ4n) is 5.33. The topological polar surface area (TPSA) is 40.6 Å². The molecule has 2 aliphatic rings. The molecule has 0 aliphatic carbocycles. The number of rotatable bonds is 5. The number of likely N-dealkylation sites (tertiary alicyclic amines) is 2. The minimum absolute atomic E-state index is 0.0787. The zero-order chi connectivity index (χ0) is 22.0. The monoisotopic (exact) mass is 460 g/mol. The first-order chi connectivity index (χ1) is 15.0. The molecule has 6 heteroatoms. The lowest BCUT2D eigenvalue weighted by Crippen LogP contribution is -2.45. The van der Waals surface area contributed by atoms with Gasteiger partial charge in [-0.2, -0.15) is 0 Å². The largest absolute Gasteiger partial charge is 0.342 e. The molecule has 0 spiro atoms. The van der Waals surface area contributed by atoms with Crippen molar-refractivity contribution >= 4 is 44.8 Å². The molecule has 2 fully saturated rings. The summed E-state index contributed by atoms with van der Waals surface area (Å²) in [5.41, 5.74) is 0. The van der Waals surface area contributed by atoms with E-state index in [9.17, 15) is 9.59 Å². The van der Waals surface area contributed by atoms with E-state index in [1.807, 2.05) is 29.2 Å². The van der Waals surface area contributed by atoms with Crippen LogP contribution in [0.3, 0.4) is 0 Å². The second-order valence-electron chi connectivity index (χ2n) is 9.22. The number of fused-ring (bicyclic) bond motifs is 1. The van der Waals surface area contributed by atoms with E-state index in [2.05, 4.69) is 18.7 Å². The van der Waals surface area contributed by atoms with Crippen LogP contribution in [0.2, 0.25) is 5.02 Å². The molecule has 2 saturated heterocycles. The smallest absolute Gasteiger partial charge is 0.265 e. The number of benzene rings is 1. The van der Waals surface area contributed by atoms with Gasteiger partial charge in [-0.05, 0) is 50.0 Å². The van der Waals surface area contributed by atoms with Crippen molar-refractivity contribution in [3.8, 4) is 0 Å². The lowest BCUT2D eigenvalue weighted by Gasteiger charge is -2.40. The zero-order valence-electron chi connectivity index (χ0n) is 18.6. The number of carbonyl (C=O) groups is 2. The van der Waals surface area contributed by atoms with E-state index >= 15 is 0 Å². The Bertz CT molecular complexity index is 927. The number of carbonyl (C=O) groups excluding carboxylic acids is 2. The van der Waals surface area contributed by atoms with Gasteiger partial charge in [0.1, 0.15) is 4.88 Å². The highest BCUT2D eigenvalue weighted by Gasteiger charge is 2.33. The maximum atomic E-state index is 13.1. The van der Waals surface area contributed by atoms with E-state index in [-0.39, 0.29) is 11.8 Å². The third-order valence-corrected chi connectivity index (χ3v) is 8.88. The van der Waals surface area contributed by atoms with E-state index in [4.69, 9.17) is 11.6 Å². The van der Waals surface area contributed by atoms with Crippen molar-refractivity contribution in [1.29, 1.82) is 0 Å². The molecule has 0 radical (unpaired) electrons. The third kappa shape index (κ3) is 4.78. The van der Waals surface area contributed by atoms with Gasteiger partial charge in [-0.3, -0.25) is 9.59 Å². The molecule has 2 aliphatic heterocycles. The molecular weight excluding hydrogens is 428 g/mol. The number of nitrogens with zero attached hydrogens (tertiary/aromatic N) is 2. The first-order valence-corrected chi connectivity index (χ1v) is 12.9. The van der Waals surface area contributed by atoms with Gasteiger partial charge in [-0.1, -0.05) is 50.1 Å². The Morgan fingerprint density at radius 1 is 1.03 bits per heavy atom. The number of hydrogen-bond acceptors (Lipinski definition) is 3. The molecule has 1 aromatic carbocycles. The van der Waals surface area contributed by atoms with Crippen LogP contribution in [0.15, 0.2) is 24.3 Å². The molecular formula is C25H33ClN2O2S. The van der Waals surface area contributed by atoms with E-state index in [0.29, 0.717) is 27.6 Å². The summed E-state index contributed by atoms with van der Waals surface area (Å²) < 4.78 is 1.07. The first kappa shape index (κ1) is 22.6. The Hall–Kier alpha value is -1.59. The molecule has 168 valence electrons. The van der Waals surface area contributed by atoms with Crippen LogP contribution in [-0.4, -0.2) is 47.8 Å². The van der Waals surface area contributed by atoms with Gasteiger partial charge in [0, 0.05) is 42.2 Å². The van der Waals surface area contributed by atoms with Crippen LogP contribution in [0.4, 0.5) is 0 Å². The second kappa shape index (κ2) is 9.91. The van der Waals surface area contributed by atoms with E-state index in [0.717, 1.165) is 74.8 Å². The number of amides is 2. The standard InChI is InChI=1S/C25H33ClN2O2S/c1-3-6-17(2)24(29)27-13-9-18(10-14-27)19-11-15-28(16-12-19)25(30)23-22(26)20-7-4-5-8-21(20)31-23/h4-5,7-8,17-19H,3,6,9-16H2,1-2H3. The van der Waals surface area contributed by atoms with Crippen LogP contribution < -0.4 is 0 Å². The Morgan fingerprint density at radius 3 is 2.19 bits per heavy atom. The van der Waals surface area contributed by atoms with Crippen molar-refractivity contribution in [3.05, 3.63) is 34.2 Å². The highest BCUT2D eigenvalue weighted by Crippen LogP contribution is 2.38. The highest BCUT2D eigenvalue weighted by molar-refractivity contribution is 7.21. The van der Waals surface area contributed by atoms with Gasteiger partial charge in [0.15, 0.2) is 0 Å². The van der Waals surface area contributed by atoms with E-state index in [1.165, 1.54) is 11.3 Å². The molecule has 31 heavy (non-hydrogen) atoms. The molecule has 2 aromatic rings. The second-order valence-corrected chi connectivity index (χ2v) is 10.7. The average Bonchev–Trinajstić information content (AvgIpc) is 3.15. The lowest BCUT2D eigenvalue weighted by molar-refractivity contribution is -0.137. The molecule has 3 heterocycles. The van der Waals surface area contributed by atoms with Gasteiger partial charge in [0.05, 0.1) is 5.02 Å². The van der Waals surface area contributed by atoms with Crippen molar-refractivity contribution in [2.75, 3.05) is 26.2 Å². The van der Waals surface area contributed by atoms with Gasteiger partial charge in [-0.25, -0.2) is 0 Å². The minimum Gasteiger partial charge on any atom is -0.342 e. The molecule has 1 unspecified atom stereocenters. The van der Waals surface area contributed by atoms with Crippen molar-refractivity contribution in [2.24, 2.45) is 17.8 Å². The van der Waals surface area contributed by atoms with Crippen molar-refractivity contribution in [3.63, 3.8) is 0 Å². The summed E-state index contributed by atoms with van der Waals surface area (Å²) in [5.74, 6) is 1.90. The molecule has 2 amide bonds. The molecule has 4 rings (SSSR count). The van der Waals surface area contributed by atoms with Crippen LogP contribution in [0.25, 0.3) is 10.1 Å². The Balaban J connectivity index is 1.29. The maximum absolute atomic E-state index is 13.1. The minimum atomic E-state index is 0.0787. The highest BCUT2D eigenvalue weighted by atomic mass is 35.5. The van der Waals surface area contributed by atoms with Gasteiger partial charge < -0.3 is 9.80 Å². The molecule has 0 saturated carbocycles. The zero-order valence-corrected chi connectivity index (χ0v) is 20.2. The lowest BCUT2D eigenvalue weighted by atomic mass is 9.78. The van der Waals surface area contributed by atoms with Gasteiger partial charge in [0.25, 0.3) is 5.91 Å². The SMILES string of the molecule is CCCC(C)C(=O)N1CCC(C2CCN(C(=O)c3sc4ccccc4c3Cl)CC2)CC1. The normalized spacial score (nSPS) is 19.7. The fourth-order valence-corrected chi connectivity index (χ4v) is 6.81. The quantitative estimate of drug-likeness (QED) is 0.542. The maximum Gasteiger partial charge on any atom is 0.265 e. The number of piperidine rings is 2. The molecule has 4 nitrogen and oxygen atoms in total. The summed E-state index contributed by atoms with van der Waals surface area (Å²) in [4.78, 5) is 30.4. The van der Waals surface area contributed by atoms with Crippen LogP contribution in [-0.2, 0) is 4.79 Å². The Morgan fingerprint density at radius 2 is 1.61 bits per heavy atom. The number of halogens is 1. The predicted octanol–water partition coefficient (Wildman–Crippen LogP) is 6.08.